The molecule has 0 heterocycles. The first-order chi connectivity index (χ1) is 4.95. The Hall–Kier alpha value is -1.39. The largest absolute Gasteiger partial charge is 0.330 e. The summed E-state index contributed by atoms with van der Waals surface area (Å²) in [4.78, 5) is 32.4. The highest BCUT2D eigenvalue weighted by molar-refractivity contribution is 6.00. The van der Waals surface area contributed by atoms with Crippen molar-refractivity contribution in [1.29, 1.82) is 0 Å². The standard InChI is InChI=1S/C6H10N2O3/c1-4(9)7-6(11)8(3)5(2)10/h1-3H3,(H,7,9,11). The molecule has 62 valence electrons. The molecular weight excluding hydrogens is 148 g/mol. The Labute approximate surface area is 64.4 Å². The molecule has 0 aromatic heterocycles. The molecule has 0 bridgehead atoms. The van der Waals surface area contributed by atoms with E-state index in [-0.39, 0.29) is 0 Å². The van der Waals surface area contributed by atoms with Gasteiger partial charge in [-0.05, 0) is 0 Å². The van der Waals surface area contributed by atoms with E-state index in [1.807, 2.05) is 5.32 Å². The number of nitrogens with one attached hydrogen (secondary N) is 1. The monoisotopic (exact) mass is 158 g/mol. The van der Waals surface area contributed by atoms with Crippen molar-refractivity contribution in [3.8, 4) is 0 Å². The topological polar surface area (TPSA) is 66.5 Å². The van der Waals surface area contributed by atoms with Crippen LogP contribution in [-0.4, -0.2) is 29.8 Å². The van der Waals surface area contributed by atoms with E-state index < -0.39 is 17.8 Å². The molecule has 0 aliphatic carbocycles. The van der Waals surface area contributed by atoms with Gasteiger partial charge in [0.1, 0.15) is 0 Å². The van der Waals surface area contributed by atoms with Crippen LogP contribution in [0.2, 0.25) is 0 Å². The van der Waals surface area contributed by atoms with Gasteiger partial charge in [-0.15, -0.1) is 0 Å². The molecule has 0 fully saturated rings. The maximum atomic E-state index is 10.8. The van der Waals surface area contributed by atoms with Crippen molar-refractivity contribution in [2.24, 2.45) is 0 Å². The lowest BCUT2D eigenvalue weighted by atomic mass is 10.6. The fourth-order valence-corrected chi connectivity index (χ4v) is 0.377. The first-order valence-corrected chi connectivity index (χ1v) is 3.01. The predicted octanol–water partition coefficient (Wildman–Crippen LogP) is -0.279. The number of imide groups is 2. The van der Waals surface area contributed by atoms with Crippen LogP contribution in [0.25, 0.3) is 0 Å². The summed E-state index contributed by atoms with van der Waals surface area (Å²) < 4.78 is 0. The summed E-state index contributed by atoms with van der Waals surface area (Å²) in [5.74, 6) is -0.896. The van der Waals surface area contributed by atoms with Crippen molar-refractivity contribution in [3.05, 3.63) is 0 Å². The molecule has 0 aliphatic rings. The predicted molar refractivity (Wildman–Crippen MR) is 37.7 cm³/mol. The molecule has 0 aliphatic heterocycles. The van der Waals surface area contributed by atoms with E-state index in [9.17, 15) is 14.4 Å². The summed E-state index contributed by atoms with van der Waals surface area (Å²) in [5, 5.41) is 1.95. The number of nitrogens with zero attached hydrogens (tertiary/aromatic N) is 1. The first kappa shape index (κ1) is 9.61. The zero-order valence-corrected chi connectivity index (χ0v) is 6.67. The second-order valence-electron chi connectivity index (χ2n) is 2.06. The zero-order valence-electron chi connectivity index (χ0n) is 6.67. The van der Waals surface area contributed by atoms with Gasteiger partial charge in [0, 0.05) is 20.9 Å². The summed E-state index contributed by atoms with van der Waals surface area (Å²) in [5.41, 5.74) is 0. The summed E-state index contributed by atoms with van der Waals surface area (Å²) in [6, 6.07) is -0.704. The number of hydrogen-bond donors (Lipinski definition) is 1. The summed E-state index contributed by atoms with van der Waals surface area (Å²) in [7, 11) is 1.29. The summed E-state index contributed by atoms with van der Waals surface area (Å²) in [6.07, 6.45) is 0. The quantitative estimate of drug-likeness (QED) is 0.527. The van der Waals surface area contributed by atoms with E-state index in [1.165, 1.54) is 20.9 Å². The minimum Gasteiger partial charge on any atom is -0.278 e. The van der Waals surface area contributed by atoms with Crippen LogP contribution in [0.15, 0.2) is 0 Å². The molecule has 0 rings (SSSR count). The van der Waals surface area contributed by atoms with E-state index in [2.05, 4.69) is 0 Å². The van der Waals surface area contributed by atoms with Crippen LogP contribution in [-0.2, 0) is 9.59 Å². The van der Waals surface area contributed by atoms with Gasteiger partial charge in [-0.2, -0.15) is 0 Å². The molecule has 0 aromatic carbocycles. The Balaban J connectivity index is 4.04. The Bertz CT molecular complexity index is 200. The van der Waals surface area contributed by atoms with Crippen LogP contribution in [0, 0.1) is 0 Å². The Morgan fingerprint density at radius 2 is 1.64 bits per heavy atom. The van der Waals surface area contributed by atoms with Gasteiger partial charge >= 0.3 is 6.03 Å². The molecule has 0 radical (unpaired) electrons. The third-order valence-electron chi connectivity index (χ3n) is 1.06. The Morgan fingerprint density at radius 3 is 1.91 bits per heavy atom. The number of rotatable bonds is 0. The summed E-state index contributed by atoms with van der Waals surface area (Å²) >= 11 is 0. The number of carbonyl (C=O) groups excluding carboxylic acids is 3. The second-order valence-corrected chi connectivity index (χ2v) is 2.06. The lowest BCUT2D eigenvalue weighted by molar-refractivity contribution is -0.125. The average molecular weight is 158 g/mol. The van der Waals surface area contributed by atoms with Gasteiger partial charge in [-0.25, -0.2) is 4.79 Å². The number of carbonyl (C=O) groups is 3. The third-order valence-corrected chi connectivity index (χ3v) is 1.06. The van der Waals surface area contributed by atoms with E-state index in [1.54, 1.807) is 0 Å². The SMILES string of the molecule is CC(=O)NC(=O)N(C)C(C)=O. The van der Waals surface area contributed by atoms with Crippen LogP contribution >= 0.6 is 0 Å². The van der Waals surface area contributed by atoms with Crippen molar-refractivity contribution in [3.63, 3.8) is 0 Å². The first-order valence-electron chi connectivity index (χ1n) is 3.01. The Kier molecular flexibility index (Phi) is 3.23. The second kappa shape index (κ2) is 3.70. The highest BCUT2D eigenvalue weighted by Crippen LogP contribution is 1.83. The van der Waals surface area contributed by atoms with E-state index >= 15 is 0 Å². The van der Waals surface area contributed by atoms with Crippen LogP contribution in [0.1, 0.15) is 13.8 Å². The van der Waals surface area contributed by atoms with Gasteiger partial charge < -0.3 is 0 Å². The average Bonchev–Trinajstić information content (AvgIpc) is 1.84. The van der Waals surface area contributed by atoms with Crippen LogP contribution in [0.5, 0.6) is 0 Å². The molecule has 0 unspecified atom stereocenters. The molecule has 0 saturated heterocycles. The van der Waals surface area contributed by atoms with Crippen molar-refractivity contribution < 1.29 is 14.4 Å². The zero-order chi connectivity index (χ0) is 9.02. The lowest BCUT2D eigenvalue weighted by Gasteiger charge is -2.11. The van der Waals surface area contributed by atoms with Gasteiger partial charge in [0.2, 0.25) is 11.8 Å². The molecule has 0 aromatic rings. The minimum absolute atomic E-state index is 0.413. The fraction of sp³-hybridized carbons (Fsp3) is 0.500. The van der Waals surface area contributed by atoms with Crippen LogP contribution in [0.4, 0.5) is 4.79 Å². The van der Waals surface area contributed by atoms with Crippen molar-refractivity contribution in [1.82, 2.24) is 10.2 Å². The molecular formula is C6H10N2O3. The van der Waals surface area contributed by atoms with E-state index in [0.29, 0.717) is 0 Å². The third kappa shape index (κ3) is 3.34. The molecule has 5 heteroatoms. The highest BCUT2D eigenvalue weighted by atomic mass is 16.2. The van der Waals surface area contributed by atoms with Crippen molar-refractivity contribution in [2.75, 3.05) is 7.05 Å². The number of urea groups is 1. The van der Waals surface area contributed by atoms with E-state index in [4.69, 9.17) is 0 Å². The van der Waals surface area contributed by atoms with Gasteiger partial charge in [0.25, 0.3) is 0 Å². The maximum absolute atomic E-state index is 10.8. The van der Waals surface area contributed by atoms with Gasteiger partial charge in [0.15, 0.2) is 0 Å². The van der Waals surface area contributed by atoms with Gasteiger partial charge in [0.05, 0.1) is 0 Å². The van der Waals surface area contributed by atoms with Crippen LogP contribution in [0.3, 0.4) is 0 Å². The van der Waals surface area contributed by atoms with Crippen LogP contribution < -0.4 is 5.32 Å². The number of hydrogen-bond acceptors (Lipinski definition) is 3. The number of amides is 4. The molecule has 4 amide bonds. The molecule has 1 N–H and O–H groups in total. The van der Waals surface area contributed by atoms with E-state index in [0.717, 1.165) is 4.90 Å². The normalized spacial score (nSPS) is 8.64. The van der Waals surface area contributed by atoms with Gasteiger partial charge in [-0.1, -0.05) is 0 Å². The molecule has 0 spiro atoms. The smallest absolute Gasteiger partial charge is 0.278 e. The summed E-state index contributed by atoms with van der Waals surface area (Å²) in [6.45, 7) is 2.44. The molecule has 11 heavy (non-hydrogen) atoms. The van der Waals surface area contributed by atoms with Crippen molar-refractivity contribution >= 4 is 17.8 Å². The molecule has 5 nitrogen and oxygen atoms in total. The molecule has 0 saturated carbocycles. The van der Waals surface area contributed by atoms with Crippen molar-refractivity contribution in [2.45, 2.75) is 13.8 Å². The maximum Gasteiger partial charge on any atom is 0.330 e. The lowest BCUT2D eigenvalue weighted by Crippen LogP contribution is -2.41. The Morgan fingerprint density at radius 1 is 1.18 bits per heavy atom. The molecule has 0 atom stereocenters. The minimum atomic E-state index is -0.704. The fourth-order valence-electron chi connectivity index (χ4n) is 0.377. The highest BCUT2D eigenvalue weighted by Gasteiger charge is 2.12. The van der Waals surface area contributed by atoms with Gasteiger partial charge in [-0.3, -0.25) is 19.8 Å².